The maximum absolute atomic E-state index is 3.19. The smallest absolute Gasteiger partial charge is 0.00518 e. The molecule has 0 spiro atoms. The van der Waals surface area contributed by atoms with Crippen LogP contribution in [0.5, 0.6) is 0 Å². The van der Waals surface area contributed by atoms with Crippen LogP contribution < -0.4 is 5.32 Å². The molecule has 0 fully saturated rings. The van der Waals surface area contributed by atoms with Crippen LogP contribution in [0.1, 0.15) is 46.5 Å². The number of rotatable bonds is 7. The molecule has 0 aromatic heterocycles. The summed E-state index contributed by atoms with van der Waals surface area (Å²) in [5.74, 6) is 1.79. The van der Waals surface area contributed by atoms with E-state index in [1.54, 1.807) is 0 Å². The molecular weight excluding hydrogens is 146 g/mol. The van der Waals surface area contributed by atoms with E-state index in [4.69, 9.17) is 0 Å². The van der Waals surface area contributed by atoms with Gasteiger partial charge in [-0.05, 0) is 38.3 Å². The fourth-order valence-electron chi connectivity index (χ4n) is 1.39. The minimum Gasteiger partial charge on any atom is -0.320 e. The van der Waals surface area contributed by atoms with Gasteiger partial charge in [0.1, 0.15) is 0 Å². The Bertz CT molecular complexity index is 89.0. The lowest BCUT2D eigenvalue weighted by molar-refractivity contribution is 0.417. The Morgan fingerprint density at radius 3 is 2.17 bits per heavy atom. The van der Waals surface area contributed by atoms with Gasteiger partial charge >= 0.3 is 0 Å². The molecule has 0 saturated carbocycles. The van der Waals surface area contributed by atoms with Gasteiger partial charge in [-0.1, -0.05) is 33.6 Å². The second kappa shape index (κ2) is 7.60. The fraction of sp³-hybridized carbons (Fsp3) is 1.00. The third kappa shape index (κ3) is 8.06. The van der Waals surface area contributed by atoms with E-state index < -0.39 is 0 Å². The Morgan fingerprint density at radius 1 is 1.00 bits per heavy atom. The molecule has 1 heteroatoms. The highest BCUT2D eigenvalue weighted by atomic mass is 14.8. The summed E-state index contributed by atoms with van der Waals surface area (Å²) in [6.45, 7) is 8.16. The first kappa shape index (κ1) is 12.0. The monoisotopic (exact) mass is 171 g/mol. The van der Waals surface area contributed by atoms with Gasteiger partial charge in [-0.15, -0.1) is 0 Å². The van der Waals surface area contributed by atoms with Crippen molar-refractivity contribution in [3.8, 4) is 0 Å². The van der Waals surface area contributed by atoms with Crippen molar-refractivity contribution in [3.05, 3.63) is 0 Å². The van der Waals surface area contributed by atoms with Crippen molar-refractivity contribution in [1.29, 1.82) is 0 Å². The SMILES string of the molecule is CNCCCC(C)CCC(C)C. The molecule has 0 rings (SSSR count). The van der Waals surface area contributed by atoms with Crippen molar-refractivity contribution in [3.63, 3.8) is 0 Å². The van der Waals surface area contributed by atoms with Gasteiger partial charge in [0.05, 0.1) is 0 Å². The van der Waals surface area contributed by atoms with E-state index in [1.165, 1.54) is 32.2 Å². The predicted octanol–water partition coefficient (Wildman–Crippen LogP) is 3.06. The highest BCUT2D eigenvalue weighted by Crippen LogP contribution is 2.15. The largest absolute Gasteiger partial charge is 0.320 e. The molecule has 0 aromatic rings. The lowest BCUT2D eigenvalue weighted by Crippen LogP contribution is -2.09. The molecule has 0 bridgehead atoms. The van der Waals surface area contributed by atoms with Crippen LogP contribution in [0.4, 0.5) is 0 Å². The van der Waals surface area contributed by atoms with Crippen molar-refractivity contribution in [2.24, 2.45) is 11.8 Å². The summed E-state index contributed by atoms with van der Waals surface area (Å²) in [6, 6.07) is 0. The van der Waals surface area contributed by atoms with E-state index in [2.05, 4.69) is 26.1 Å². The van der Waals surface area contributed by atoms with Crippen molar-refractivity contribution in [1.82, 2.24) is 5.32 Å². The van der Waals surface area contributed by atoms with E-state index in [-0.39, 0.29) is 0 Å². The zero-order valence-corrected chi connectivity index (χ0v) is 9.19. The second-order valence-electron chi connectivity index (χ2n) is 4.32. The average Bonchev–Trinajstić information content (AvgIpc) is 2.01. The predicted molar refractivity (Wildman–Crippen MR) is 56.4 cm³/mol. The molecule has 0 amide bonds. The highest BCUT2D eigenvalue weighted by Gasteiger charge is 2.02. The van der Waals surface area contributed by atoms with Gasteiger partial charge in [0.2, 0.25) is 0 Å². The minimum atomic E-state index is 0.872. The standard InChI is InChI=1S/C11H25N/c1-10(2)7-8-11(3)6-5-9-12-4/h10-12H,5-9H2,1-4H3. The Balaban J connectivity index is 3.15. The molecule has 0 aromatic carbocycles. The summed E-state index contributed by atoms with van der Waals surface area (Å²) in [7, 11) is 2.03. The zero-order valence-electron chi connectivity index (χ0n) is 9.19. The van der Waals surface area contributed by atoms with Gasteiger partial charge in [-0.25, -0.2) is 0 Å². The Morgan fingerprint density at radius 2 is 1.67 bits per heavy atom. The molecule has 1 N–H and O–H groups in total. The van der Waals surface area contributed by atoms with Crippen LogP contribution in [0, 0.1) is 11.8 Å². The van der Waals surface area contributed by atoms with E-state index >= 15 is 0 Å². The molecule has 1 unspecified atom stereocenters. The Hall–Kier alpha value is -0.0400. The molecule has 12 heavy (non-hydrogen) atoms. The van der Waals surface area contributed by atoms with Gasteiger partial charge in [0.25, 0.3) is 0 Å². The summed E-state index contributed by atoms with van der Waals surface area (Å²) in [5, 5.41) is 3.19. The lowest BCUT2D eigenvalue weighted by Gasteiger charge is -2.12. The van der Waals surface area contributed by atoms with Gasteiger partial charge in [-0.2, -0.15) is 0 Å². The van der Waals surface area contributed by atoms with E-state index in [0.717, 1.165) is 11.8 Å². The first-order valence-corrected chi connectivity index (χ1v) is 5.31. The highest BCUT2D eigenvalue weighted by molar-refractivity contribution is 4.56. The normalized spacial score (nSPS) is 13.8. The van der Waals surface area contributed by atoms with Crippen molar-refractivity contribution in [2.75, 3.05) is 13.6 Å². The molecule has 0 radical (unpaired) electrons. The van der Waals surface area contributed by atoms with Gasteiger partial charge in [0.15, 0.2) is 0 Å². The van der Waals surface area contributed by atoms with Crippen LogP contribution in [0.25, 0.3) is 0 Å². The van der Waals surface area contributed by atoms with Gasteiger partial charge in [-0.3, -0.25) is 0 Å². The average molecular weight is 171 g/mol. The van der Waals surface area contributed by atoms with E-state index in [0.29, 0.717) is 0 Å². The Kier molecular flexibility index (Phi) is 7.58. The van der Waals surface area contributed by atoms with Crippen LogP contribution in [0.3, 0.4) is 0 Å². The maximum atomic E-state index is 3.19. The van der Waals surface area contributed by atoms with Crippen molar-refractivity contribution in [2.45, 2.75) is 46.5 Å². The van der Waals surface area contributed by atoms with Crippen LogP contribution in [0.2, 0.25) is 0 Å². The molecule has 1 atom stereocenters. The maximum Gasteiger partial charge on any atom is -0.00518 e. The molecular formula is C11H25N. The second-order valence-corrected chi connectivity index (χ2v) is 4.32. The van der Waals surface area contributed by atoms with Gasteiger partial charge < -0.3 is 5.32 Å². The third-order valence-electron chi connectivity index (χ3n) is 2.36. The third-order valence-corrected chi connectivity index (χ3v) is 2.36. The molecule has 0 aliphatic heterocycles. The molecule has 0 aliphatic carbocycles. The fourth-order valence-corrected chi connectivity index (χ4v) is 1.39. The van der Waals surface area contributed by atoms with Gasteiger partial charge in [0, 0.05) is 0 Å². The molecule has 74 valence electrons. The first-order chi connectivity index (χ1) is 5.66. The molecule has 0 heterocycles. The first-order valence-electron chi connectivity index (χ1n) is 5.31. The van der Waals surface area contributed by atoms with Crippen LogP contribution >= 0.6 is 0 Å². The topological polar surface area (TPSA) is 12.0 Å². The van der Waals surface area contributed by atoms with Crippen LogP contribution in [-0.4, -0.2) is 13.6 Å². The summed E-state index contributed by atoms with van der Waals surface area (Å²) >= 11 is 0. The Labute approximate surface area is 77.9 Å². The number of nitrogens with one attached hydrogen (secondary N) is 1. The lowest BCUT2D eigenvalue weighted by atomic mass is 9.96. The summed E-state index contributed by atoms with van der Waals surface area (Å²) in [5.41, 5.74) is 0. The zero-order chi connectivity index (χ0) is 9.40. The molecule has 0 saturated heterocycles. The number of hydrogen-bond donors (Lipinski definition) is 1. The summed E-state index contributed by atoms with van der Waals surface area (Å²) < 4.78 is 0. The molecule has 1 nitrogen and oxygen atoms in total. The van der Waals surface area contributed by atoms with Crippen molar-refractivity contribution >= 4 is 0 Å². The van der Waals surface area contributed by atoms with Crippen LogP contribution in [-0.2, 0) is 0 Å². The summed E-state index contributed by atoms with van der Waals surface area (Å²) in [6.07, 6.45) is 5.51. The quantitative estimate of drug-likeness (QED) is 0.580. The minimum absolute atomic E-state index is 0.872. The van der Waals surface area contributed by atoms with E-state index in [9.17, 15) is 0 Å². The summed E-state index contributed by atoms with van der Waals surface area (Å²) in [4.78, 5) is 0. The molecule has 0 aliphatic rings. The number of hydrogen-bond acceptors (Lipinski definition) is 1. The van der Waals surface area contributed by atoms with Crippen molar-refractivity contribution < 1.29 is 0 Å². The van der Waals surface area contributed by atoms with E-state index in [1.807, 2.05) is 7.05 Å². The van der Waals surface area contributed by atoms with Crippen LogP contribution in [0.15, 0.2) is 0 Å².